The van der Waals surface area contributed by atoms with Crippen molar-refractivity contribution in [2.45, 2.75) is 0 Å². The summed E-state index contributed by atoms with van der Waals surface area (Å²) in [5, 5.41) is 7.73. The van der Waals surface area contributed by atoms with Crippen molar-refractivity contribution in [1.82, 2.24) is 5.16 Å². The maximum Gasteiger partial charge on any atom is 0.255 e. The average molecular weight is 374 g/mol. The van der Waals surface area contributed by atoms with Gasteiger partial charge in [-0.25, -0.2) is 0 Å². The molecular weight excluding hydrogens is 356 g/mol. The first-order chi connectivity index (χ1) is 13.7. The zero-order chi connectivity index (χ0) is 19.5. The molecule has 0 fully saturated rings. The number of fused-ring (bicyclic) bond motifs is 1. The lowest BCUT2D eigenvalue weighted by molar-refractivity contribution is 0.102. The van der Waals surface area contributed by atoms with Crippen LogP contribution in [0, 0.1) is 0 Å². The smallest absolute Gasteiger partial charge is 0.255 e. The van der Waals surface area contributed by atoms with Gasteiger partial charge in [-0.3, -0.25) is 4.79 Å². The molecule has 4 aromatic rings. The van der Waals surface area contributed by atoms with Crippen molar-refractivity contribution in [2.24, 2.45) is 0 Å². The van der Waals surface area contributed by atoms with E-state index in [1.807, 2.05) is 30.3 Å². The van der Waals surface area contributed by atoms with Gasteiger partial charge in [-0.1, -0.05) is 35.5 Å². The number of carbonyl (C=O) groups excluding carboxylic acids is 1. The van der Waals surface area contributed by atoms with Crippen molar-refractivity contribution in [2.75, 3.05) is 19.5 Å². The fraction of sp³-hybridized carbons (Fsp3) is 0.0909. The fourth-order valence-corrected chi connectivity index (χ4v) is 2.99. The summed E-state index contributed by atoms with van der Waals surface area (Å²) in [4.78, 5) is 12.8. The molecule has 3 aromatic carbocycles. The lowest BCUT2D eigenvalue weighted by Gasteiger charge is -2.11. The van der Waals surface area contributed by atoms with Gasteiger partial charge < -0.3 is 19.3 Å². The summed E-state index contributed by atoms with van der Waals surface area (Å²) in [7, 11) is 3.12. The van der Waals surface area contributed by atoms with Crippen LogP contribution in [0.1, 0.15) is 10.4 Å². The molecule has 0 unspecified atom stereocenters. The van der Waals surface area contributed by atoms with Gasteiger partial charge in [0.2, 0.25) is 0 Å². The molecule has 0 saturated carbocycles. The number of nitrogens with one attached hydrogen (secondary N) is 1. The second-order valence-electron chi connectivity index (χ2n) is 6.13. The summed E-state index contributed by atoms with van der Waals surface area (Å²) in [6, 6.07) is 20.1. The van der Waals surface area contributed by atoms with Crippen LogP contribution in [0.5, 0.6) is 11.5 Å². The van der Waals surface area contributed by atoms with Crippen molar-refractivity contribution in [3.8, 4) is 22.8 Å². The van der Waals surface area contributed by atoms with Gasteiger partial charge in [0.1, 0.15) is 17.0 Å². The lowest BCUT2D eigenvalue weighted by atomic mass is 10.1. The molecule has 0 atom stereocenters. The number of methoxy groups -OCH3 is 2. The molecular formula is C22H18N2O4. The van der Waals surface area contributed by atoms with Crippen LogP contribution in [0.25, 0.3) is 22.2 Å². The molecule has 1 N–H and O–H groups in total. The summed E-state index contributed by atoms with van der Waals surface area (Å²) in [6.07, 6.45) is 0. The van der Waals surface area contributed by atoms with Crippen molar-refractivity contribution >= 4 is 22.5 Å². The Labute approximate surface area is 161 Å². The molecule has 0 aliphatic rings. The largest absolute Gasteiger partial charge is 0.497 e. The van der Waals surface area contributed by atoms with E-state index in [0.717, 1.165) is 10.9 Å². The van der Waals surface area contributed by atoms with Gasteiger partial charge >= 0.3 is 0 Å². The van der Waals surface area contributed by atoms with Gasteiger partial charge in [0.05, 0.1) is 25.3 Å². The quantitative estimate of drug-likeness (QED) is 0.545. The number of hydrogen-bond acceptors (Lipinski definition) is 5. The highest BCUT2D eigenvalue weighted by molar-refractivity contribution is 6.08. The van der Waals surface area contributed by atoms with E-state index in [9.17, 15) is 4.79 Å². The monoisotopic (exact) mass is 374 g/mol. The first-order valence-electron chi connectivity index (χ1n) is 8.68. The van der Waals surface area contributed by atoms with Gasteiger partial charge in [-0.15, -0.1) is 0 Å². The summed E-state index contributed by atoms with van der Waals surface area (Å²) in [5.41, 5.74) is 2.60. The van der Waals surface area contributed by atoms with E-state index in [1.54, 1.807) is 50.6 Å². The number of hydrogen-bond donors (Lipinski definition) is 1. The highest BCUT2D eigenvalue weighted by Crippen LogP contribution is 2.31. The van der Waals surface area contributed by atoms with Crippen LogP contribution in [0.3, 0.4) is 0 Å². The molecule has 1 heterocycles. The highest BCUT2D eigenvalue weighted by atomic mass is 16.5. The van der Waals surface area contributed by atoms with Crippen molar-refractivity contribution < 1.29 is 18.8 Å². The minimum atomic E-state index is -0.270. The minimum absolute atomic E-state index is 0.270. The topological polar surface area (TPSA) is 73.6 Å². The molecule has 0 bridgehead atoms. The van der Waals surface area contributed by atoms with Crippen molar-refractivity contribution in [3.05, 3.63) is 72.3 Å². The molecule has 0 aliphatic heterocycles. The van der Waals surface area contributed by atoms with Crippen LogP contribution in [0.2, 0.25) is 0 Å². The van der Waals surface area contributed by atoms with Gasteiger partial charge in [0, 0.05) is 17.2 Å². The normalized spacial score (nSPS) is 10.6. The van der Waals surface area contributed by atoms with Gasteiger partial charge in [0.15, 0.2) is 5.76 Å². The van der Waals surface area contributed by atoms with E-state index in [4.69, 9.17) is 14.0 Å². The summed E-state index contributed by atoms with van der Waals surface area (Å²) in [5.74, 6) is 1.53. The second-order valence-corrected chi connectivity index (χ2v) is 6.13. The number of carbonyl (C=O) groups is 1. The first-order valence-corrected chi connectivity index (χ1v) is 8.68. The van der Waals surface area contributed by atoms with Crippen molar-refractivity contribution in [1.29, 1.82) is 0 Å². The van der Waals surface area contributed by atoms with Crippen LogP contribution in [0.4, 0.5) is 5.69 Å². The third kappa shape index (κ3) is 3.27. The Kier molecular flexibility index (Phi) is 4.68. The van der Waals surface area contributed by atoms with Crippen LogP contribution >= 0.6 is 0 Å². The van der Waals surface area contributed by atoms with Gasteiger partial charge in [0.25, 0.3) is 5.91 Å². The number of anilines is 1. The Morgan fingerprint density at radius 2 is 1.79 bits per heavy atom. The van der Waals surface area contributed by atoms with E-state index in [1.165, 1.54) is 0 Å². The standard InChI is InChI=1S/C22H18N2O4/c1-26-16-9-11-20(27-2)19(13-16)23-22(25)15-8-10-18-17(12-15)21(28-24-18)14-6-4-3-5-7-14/h3-13H,1-2H3,(H,23,25). The Bertz CT molecular complexity index is 1140. The molecule has 1 aromatic heterocycles. The minimum Gasteiger partial charge on any atom is -0.497 e. The third-order valence-electron chi connectivity index (χ3n) is 4.43. The molecule has 1 amide bonds. The number of ether oxygens (including phenoxy) is 2. The summed E-state index contributed by atoms with van der Waals surface area (Å²) < 4.78 is 16.0. The zero-order valence-corrected chi connectivity index (χ0v) is 15.4. The molecule has 6 nitrogen and oxygen atoms in total. The molecule has 6 heteroatoms. The van der Waals surface area contributed by atoms with Crippen LogP contribution in [-0.4, -0.2) is 25.3 Å². The number of rotatable bonds is 5. The number of benzene rings is 3. The number of aromatic nitrogens is 1. The number of nitrogens with zero attached hydrogens (tertiary/aromatic N) is 1. The predicted octanol–water partition coefficient (Wildman–Crippen LogP) is 4.76. The zero-order valence-electron chi connectivity index (χ0n) is 15.4. The Balaban J connectivity index is 1.69. The van der Waals surface area contributed by atoms with E-state index in [2.05, 4.69) is 10.5 Å². The van der Waals surface area contributed by atoms with Crippen LogP contribution in [0.15, 0.2) is 71.3 Å². The average Bonchev–Trinajstić information content (AvgIpc) is 3.17. The van der Waals surface area contributed by atoms with Crippen LogP contribution < -0.4 is 14.8 Å². The lowest BCUT2D eigenvalue weighted by Crippen LogP contribution is -2.12. The summed E-state index contributed by atoms with van der Waals surface area (Å²) in [6.45, 7) is 0. The first kappa shape index (κ1) is 17.6. The molecule has 0 saturated heterocycles. The highest BCUT2D eigenvalue weighted by Gasteiger charge is 2.15. The maximum absolute atomic E-state index is 12.8. The molecule has 0 aliphatic carbocycles. The number of amides is 1. The molecule has 140 valence electrons. The summed E-state index contributed by atoms with van der Waals surface area (Å²) >= 11 is 0. The van der Waals surface area contributed by atoms with Crippen molar-refractivity contribution in [3.63, 3.8) is 0 Å². The van der Waals surface area contributed by atoms with E-state index in [0.29, 0.717) is 34.0 Å². The third-order valence-corrected chi connectivity index (χ3v) is 4.43. The Morgan fingerprint density at radius 3 is 2.54 bits per heavy atom. The van der Waals surface area contributed by atoms with E-state index < -0.39 is 0 Å². The van der Waals surface area contributed by atoms with E-state index in [-0.39, 0.29) is 5.91 Å². The second kappa shape index (κ2) is 7.44. The Morgan fingerprint density at radius 1 is 0.964 bits per heavy atom. The maximum atomic E-state index is 12.8. The molecule has 28 heavy (non-hydrogen) atoms. The molecule has 4 rings (SSSR count). The van der Waals surface area contributed by atoms with E-state index >= 15 is 0 Å². The van der Waals surface area contributed by atoms with Crippen LogP contribution in [-0.2, 0) is 0 Å². The SMILES string of the molecule is COc1ccc(OC)c(NC(=O)c2ccc3noc(-c4ccccc4)c3c2)c1. The molecule has 0 spiro atoms. The fourth-order valence-electron chi connectivity index (χ4n) is 2.99. The predicted molar refractivity (Wildman–Crippen MR) is 107 cm³/mol. The Hall–Kier alpha value is -3.80. The van der Waals surface area contributed by atoms with Gasteiger partial charge in [-0.2, -0.15) is 0 Å². The van der Waals surface area contributed by atoms with Gasteiger partial charge in [-0.05, 0) is 30.3 Å². The molecule has 0 radical (unpaired) electrons.